The van der Waals surface area contributed by atoms with Crippen molar-refractivity contribution in [3.63, 3.8) is 0 Å². The van der Waals surface area contributed by atoms with Crippen molar-refractivity contribution in [2.45, 2.75) is 44.1 Å². The van der Waals surface area contributed by atoms with E-state index in [1.807, 2.05) is 4.90 Å². The Bertz CT molecular complexity index is 1380. The number of alkyl halides is 3. The van der Waals surface area contributed by atoms with E-state index in [0.717, 1.165) is 24.0 Å². The van der Waals surface area contributed by atoms with Crippen molar-refractivity contribution < 1.29 is 35.5 Å². The molecule has 0 aliphatic rings. The maximum Gasteiger partial charge on any atom is 0.416 e. The molecule has 0 aliphatic carbocycles. The van der Waals surface area contributed by atoms with Gasteiger partial charge in [0.15, 0.2) is 9.84 Å². The number of carbonyl (C=O) groups excluding carboxylic acids is 1. The van der Waals surface area contributed by atoms with Gasteiger partial charge in [0.05, 0.1) is 17.1 Å². The minimum Gasteiger partial charge on any atom is -0.494 e. The molecule has 0 bridgehead atoms. The van der Waals surface area contributed by atoms with Crippen molar-refractivity contribution in [2.24, 2.45) is 0 Å². The summed E-state index contributed by atoms with van der Waals surface area (Å²) in [6, 6.07) is 15.6. The summed E-state index contributed by atoms with van der Waals surface area (Å²) in [5.74, 6) is -0.330. The predicted molar refractivity (Wildman–Crippen MR) is 139 cm³/mol. The maximum absolute atomic E-state index is 13.3. The van der Waals surface area contributed by atoms with E-state index in [4.69, 9.17) is 4.74 Å². The Morgan fingerprint density at radius 2 is 1.67 bits per heavy atom. The number of sulfone groups is 1. The Morgan fingerprint density at radius 3 is 2.31 bits per heavy atom. The first kappa shape index (κ1) is 30.1. The molecular weight excluding hydrogens is 536 g/mol. The van der Waals surface area contributed by atoms with Crippen molar-refractivity contribution in [2.75, 3.05) is 19.4 Å². The van der Waals surface area contributed by atoms with Crippen LogP contribution >= 0.6 is 0 Å². The van der Waals surface area contributed by atoms with Crippen LogP contribution in [-0.4, -0.2) is 38.6 Å². The third-order valence-corrected chi connectivity index (χ3v) is 7.01. The third kappa shape index (κ3) is 9.67. The van der Waals surface area contributed by atoms with Crippen molar-refractivity contribution >= 4 is 15.7 Å². The van der Waals surface area contributed by atoms with Gasteiger partial charge in [0.2, 0.25) is 5.91 Å². The first-order valence-corrected chi connectivity index (χ1v) is 14.0. The molecule has 0 heterocycles. The number of hydrogen-bond donors (Lipinski definition) is 1. The largest absolute Gasteiger partial charge is 0.494 e. The zero-order valence-electron chi connectivity index (χ0n) is 21.6. The molecule has 11 heteroatoms. The number of hydrogen-bond acceptors (Lipinski definition) is 5. The molecule has 0 saturated heterocycles. The fourth-order valence-electron chi connectivity index (χ4n) is 3.98. The average Bonchev–Trinajstić information content (AvgIpc) is 2.86. The summed E-state index contributed by atoms with van der Waals surface area (Å²) in [4.78, 5) is 13.2. The Kier molecular flexibility index (Phi) is 10.1. The molecule has 1 N–H and O–H groups in total. The van der Waals surface area contributed by atoms with Crippen LogP contribution in [0.4, 0.5) is 17.6 Å². The lowest BCUT2D eigenvalue weighted by molar-refractivity contribution is -0.137. The fraction of sp³-hybridized carbons (Fsp3) is 0.321. The summed E-state index contributed by atoms with van der Waals surface area (Å²) in [7, 11) is -3.58. The summed E-state index contributed by atoms with van der Waals surface area (Å²) in [5.41, 5.74) is 0.998. The lowest BCUT2D eigenvalue weighted by atomic mass is 10.1. The van der Waals surface area contributed by atoms with Crippen molar-refractivity contribution in [3.8, 4) is 5.75 Å². The second-order valence-electron chi connectivity index (χ2n) is 9.19. The Labute approximate surface area is 225 Å². The molecular formula is C28H30F4N2O4S. The summed E-state index contributed by atoms with van der Waals surface area (Å²) >= 11 is 0. The molecule has 0 atom stereocenters. The van der Waals surface area contributed by atoms with Crippen LogP contribution in [0.3, 0.4) is 0 Å². The Morgan fingerprint density at radius 1 is 0.974 bits per heavy atom. The van der Waals surface area contributed by atoms with E-state index in [2.05, 4.69) is 5.32 Å². The van der Waals surface area contributed by atoms with Crippen LogP contribution < -0.4 is 10.1 Å². The molecule has 39 heavy (non-hydrogen) atoms. The normalized spacial score (nSPS) is 12.0. The standard InChI is InChI=1S/C28H30F4N2O4S/c1-20(35)33-17-23-9-12-26(16-27(23)39(2,36)37)38-14-4-13-34(18-21-7-10-25(29)11-8-21)19-22-5-3-6-24(15-22)28(30,31)32/h3,5-12,15-16H,4,13-14,17-19H2,1-2H3,(H,33,35). The van der Waals surface area contributed by atoms with Crippen LogP contribution in [0.1, 0.15) is 35.6 Å². The smallest absolute Gasteiger partial charge is 0.416 e. The summed E-state index contributed by atoms with van der Waals surface area (Å²) in [5, 5.41) is 2.58. The number of halogens is 4. The van der Waals surface area contributed by atoms with Gasteiger partial charge in [-0.05, 0) is 53.4 Å². The molecule has 0 aliphatic heterocycles. The van der Waals surface area contributed by atoms with Crippen LogP contribution in [0.5, 0.6) is 5.75 Å². The summed E-state index contributed by atoms with van der Waals surface area (Å²) in [6.45, 7) is 2.68. The summed E-state index contributed by atoms with van der Waals surface area (Å²) in [6.07, 6.45) is -2.89. The van der Waals surface area contributed by atoms with E-state index in [-0.39, 0.29) is 36.3 Å². The van der Waals surface area contributed by atoms with Crippen LogP contribution in [-0.2, 0) is 40.4 Å². The van der Waals surface area contributed by atoms with Gasteiger partial charge < -0.3 is 10.1 Å². The van der Waals surface area contributed by atoms with Gasteiger partial charge >= 0.3 is 6.18 Å². The van der Waals surface area contributed by atoms with E-state index in [0.29, 0.717) is 36.4 Å². The molecule has 210 valence electrons. The first-order valence-electron chi connectivity index (χ1n) is 12.1. The predicted octanol–water partition coefficient (Wildman–Crippen LogP) is 5.36. The van der Waals surface area contributed by atoms with Crippen LogP contribution in [0.15, 0.2) is 71.6 Å². The van der Waals surface area contributed by atoms with Gasteiger partial charge in [-0.15, -0.1) is 0 Å². The van der Waals surface area contributed by atoms with Crippen LogP contribution in [0, 0.1) is 5.82 Å². The quantitative estimate of drug-likeness (QED) is 0.236. The number of benzene rings is 3. The van der Waals surface area contributed by atoms with Crippen molar-refractivity contribution in [1.29, 1.82) is 0 Å². The van der Waals surface area contributed by atoms with Crippen LogP contribution in [0.25, 0.3) is 0 Å². The molecule has 0 spiro atoms. The van der Waals surface area contributed by atoms with E-state index >= 15 is 0 Å². The van der Waals surface area contributed by atoms with Gasteiger partial charge in [-0.1, -0.05) is 36.4 Å². The van der Waals surface area contributed by atoms with Crippen molar-refractivity contribution in [1.82, 2.24) is 10.2 Å². The number of nitrogens with one attached hydrogen (secondary N) is 1. The molecule has 6 nitrogen and oxygen atoms in total. The SMILES string of the molecule is CC(=O)NCc1ccc(OCCCN(Cc2ccc(F)cc2)Cc2cccc(C(F)(F)F)c2)cc1S(C)(=O)=O. The van der Waals surface area contributed by atoms with Gasteiger partial charge in [0.25, 0.3) is 0 Å². The second-order valence-corrected chi connectivity index (χ2v) is 11.2. The van der Waals surface area contributed by atoms with E-state index in [9.17, 15) is 30.8 Å². The second kappa shape index (κ2) is 13.1. The van der Waals surface area contributed by atoms with Crippen LogP contribution in [0.2, 0.25) is 0 Å². The highest BCUT2D eigenvalue weighted by Gasteiger charge is 2.30. The van der Waals surface area contributed by atoms with Gasteiger partial charge in [-0.25, -0.2) is 12.8 Å². The van der Waals surface area contributed by atoms with E-state index < -0.39 is 21.6 Å². The fourth-order valence-corrected chi connectivity index (χ4v) is 4.93. The molecule has 3 aromatic carbocycles. The minimum absolute atomic E-state index is 0.0521. The van der Waals surface area contributed by atoms with Gasteiger partial charge in [0.1, 0.15) is 11.6 Å². The number of carbonyl (C=O) groups is 1. The third-order valence-electron chi connectivity index (χ3n) is 5.83. The summed E-state index contributed by atoms with van der Waals surface area (Å²) < 4.78 is 83.2. The highest BCUT2D eigenvalue weighted by atomic mass is 32.2. The zero-order chi connectivity index (χ0) is 28.6. The molecule has 1 amide bonds. The monoisotopic (exact) mass is 566 g/mol. The lowest BCUT2D eigenvalue weighted by Crippen LogP contribution is -2.25. The Hall–Kier alpha value is -3.44. The number of nitrogens with zero attached hydrogens (tertiary/aromatic N) is 1. The molecule has 0 unspecified atom stereocenters. The first-order chi connectivity index (χ1) is 18.3. The number of amides is 1. The average molecular weight is 567 g/mol. The number of rotatable bonds is 12. The number of ether oxygens (including phenoxy) is 1. The maximum atomic E-state index is 13.3. The topological polar surface area (TPSA) is 75.7 Å². The highest BCUT2D eigenvalue weighted by Crippen LogP contribution is 2.30. The molecule has 0 aromatic heterocycles. The molecule has 3 aromatic rings. The Balaban J connectivity index is 1.68. The molecule has 3 rings (SSSR count). The van der Waals surface area contributed by atoms with Gasteiger partial charge in [-0.3, -0.25) is 9.69 Å². The van der Waals surface area contributed by atoms with E-state index in [1.54, 1.807) is 30.3 Å². The molecule has 0 radical (unpaired) electrons. The highest BCUT2D eigenvalue weighted by molar-refractivity contribution is 7.90. The molecule has 0 fully saturated rings. The zero-order valence-corrected chi connectivity index (χ0v) is 22.4. The van der Waals surface area contributed by atoms with Gasteiger partial charge in [0, 0.05) is 39.4 Å². The van der Waals surface area contributed by atoms with Gasteiger partial charge in [-0.2, -0.15) is 13.2 Å². The molecule has 0 saturated carbocycles. The lowest BCUT2D eigenvalue weighted by Gasteiger charge is -2.23. The van der Waals surface area contributed by atoms with E-state index in [1.165, 1.54) is 31.2 Å². The minimum atomic E-state index is -4.45. The van der Waals surface area contributed by atoms with Crippen molar-refractivity contribution in [3.05, 3.63) is 94.8 Å².